The smallest absolute Gasteiger partial charge is 0.165 e. The second-order valence-corrected chi connectivity index (χ2v) is 23.7. The zero-order valence-electron chi connectivity index (χ0n) is 45.2. The van der Waals surface area contributed by atoms with Gasteiger partial charge in [0.2, 0.25) is 0 Å². The number of para-hydroxylation sites is 5. The van der Waals surface area contributed by atoms with Crippen LogP contribution in [0.25, 0.3) is 175 Å². The summed E-state index contributed by atoms with van der Waals surface area (Å²) in [5.41, 5.74) is 21.1. The van der Waals surface area contributed by atoms with Crippen molar-refractivity contribution in [2.75, 3.05) is 0 Å². The van der Waals surface area contributed by atoms with Gasteiger partial charge in [0.1, 0.15) is 11.0 Å². The van der Waals surface area contributed by atoms with Crippen molar-refractivity contribution in [1.29, 1.82) is 0 Å². The Labute approximate surface area is 469 Å². The van der Waals surface area contributed by atoms with Gasteiger partial charge >= 0.3 is 0 Å². The highest BCUT2D eigenvalue weighted by atomic mass is 15.1. The molecule has 0 aliphatic carbocycles. The van der Waals surface area contributed by atoms with Crippen molar-refractivity contribution >= 4 is 142 Å². The van der Waals surface area contributed by atoms with Crippen LogP contribution < -0.4 is 0 Å². The van der Waals surface area contributed by atoms with Gasteiger partial charge in [0.25, 0.3) is 0 Å². The first kappa shape index (κ1) is 44.3. The summed E-state index contributed by atoms with van der Waals surface area (Å²) in [6.45, 7) is 6.99. The highest BCUT2D eigenvalue weighted by Gasteiger charge is 2.30. The second-order valence-electron chi connectivity index (χ2n) is 23.7. The number of rotatable bonds is 4. The van der Waals surface area contributed by atoms with Gasteiger partial charge in [0, 0.05) is 76.4 Å². The van der Waals surface area contributed by atoms with E-state index in [1.807, 2.05) is 0 Å². The third kappa shape index (κ3) is 5.67. The summed E-state index contributed by atoms with van der Waals surface area (Å²) >= 11 is 0. The maximum Gasteiger partial charge on any atom is 0.165 e. The third-order valence-corrected chi connectivity index (χ3v) is 18.3. The fourth-order valence-corrected chi connectivity index (χ4v) is 14.7. The topological polar surface area (TPSA) is 44.5 Å². The first-order chi connectivity index (χ1) is 40.3. The standard InChI is InChI=1S/C76H48N6/c1-76(2,3)47-41-56(45-33-35-64-57(37-45)52-27-14-16-31-62(52)79(64)48-21-6-4-7-22-48)71-61(42-47)54-29-18-30-55-68-74(81(71)70(54)55)78-69-67-51-26-13-11-20-44(51)39-60-59-38-43-19-10-12-25-50(43)66(72(59)82(73(60)67)75(69)77-68)46-34-36-65-58(40-46)53-28-15-17-32-63(53)80(65)49-23-8-5-9-24-49/h4-42H,1-3H3. The fourth-order valence-electron chi connectivity index (χ4n) is 14.7. The minimum absolute atomic E-state index is 0.113. The van der Waals surface area contributed by atoms with Crippen LogP contribution in [0.3, 0.4) is 0 Å². The maximum absolute atomic E-state index is 6.04. The fraction of sp³-hybridized carbons (Fsp3) is 0.0526. The Hall–Kier alpha value is -10.6. The van der Waals surface area contributed by atoms with E-state index in [1.54, 1.807) is 0 Å². The van der Waals surface area contributed by atoms with Gasteiger partial charge in [-0.05, 0) is 129 Å². The van der Waals surface area contributed by atoms with Gasteiger partial charge in [-0.15, -0.1) is 0 Å². The number of nitrogens with zero attached hydrogens (tertiary/aromatic N) is 6. The minimum atomic E-state index is -0.113. The number of benzene rings is 12. The molecule has 0 amide bonds. The lowest BCUT2D eigenvalue weighted by atomic mass is 9.84. The highest BCUT2D eigenvalue weighted by molar-refractivity contribution is 6.34. The molecule has 82 heavy (non-hydrogen) atoms. The number of fused-ring (bicyclic) bond motifs is 21. The predicted octanol–water partition coefficient (Wildman–Crippen LogP) is 19.9. The van der Waals surface area contributed by atoms with Crippen LogP contribution in [0.5, 0.6) is 0 Å². The molecule has 7 heterocycles. The van der Waals surface area contributed by atoms with Crippen LogP contribution in [0.4, 0.5) is 0 Å². The number of aromatic nitrogens is 6. The molecule has 12 aromatic carbocycles. The molecule has 0 aliphatic rings. The Kier molecular flexibility index (Phi) is 8.44. The summed E-state index contributed by atoms with van der Waals surface area (Å²) < 4.78 is 9.76. The molecule has 0 atom stereocenters. The van der Waals surface area contributed by atoms with Gasteiger partial charge in [-0.2, -0.15) is 0 Å². The van der Waals surface area contributed by atoms with E-state index in [4.69, 9.17) is 9.97 Å². The largest absolute Gasteiger partial charge is 0.309 e. The molecule has 0 bridgehead atoms. The van der Waals surface area contributed by atoms with Crippen LogP contribution >= 0.6 is 0 Å². The van der Waals surface area contributed by atoms with Crippen LogP contribution in [-0.2, 0) is 5.41 Å². The zero-order chi connectivity index (χ0) is 53.9. The molecule has 0 aliphatic heterocycles. The highest BCUT2D eigenvalue weighted by Crippen LogP contribution is 2.50. The molecule has 19 rings (SSSR count). The van der Waals surface area contributed by atoms with Crippen LogP contribution in [0, 0.1) is 0 Å². The van der Waals surface area contributed by atoms with E-state index in [2.05, 4.69) is 275 Å². The quantitative estimate of drug-likeness (QED) is 0.176. The summed E-state index contributed by atoms with van der Waals surface area (Å²) in [5, 5.41) is 16.7. The number of hydrogen-bond donors (Lipinski definition) is 0. The predicted molar refractivity (Wildman–Crippen MR) is 345 cm³/mol. The lowest BCUT2D eigenvalue weighted by Gasteiger charge is -2.21. The second kappa shape index (κ2) is 15.6. The van der Waals surface area contributed by atoms with Crippen molar-refractivity contribution in [2.24, 2.45) is 0 Å². The Balaban J connectivity index is 0.944. The Bertz CT molecular complexity index is 5970. The summed E-state index contributed by atoms with van der Waals surface area (Å²) in [6.07, 6.45) is 0. The minimum Gasteiger partial charge on any atom is -0.309 e. The maximum atomic E-state index is 6.04. The van der Waals surface area contributed by atoms with Gasteiger partial charge in [0.15, 0.2) is 11.3 Å². The molecule has 0 radical (unpaired) electrons. The van der Waals surface area contributed by atoms with Crippen molar-refractivity contribution < 1.29 is 0 Å². The van der Waals surface area contributed by atoms with E-state index in [9.17, 15) is 0 Å². The molecule has 0 fully saturated rings. The summed E-state index contributed by atoms with van der Waals surface area (Å²) in [4.78, 5) is 12.0. The Morgan fingerprint density at radius 2 is 0.805 bits per heavy atom. The summed E-state index contributed by atoms with van der Waals surface area (Å²) in [5.74, 6) is 0. The summed E-state index contributed by atoms with van der Waals surface area (Å²) in [7, 11) is 0. The van der Waals surface area contributed by atoms with Gasteiger partial charge in [-0.3, -0.25) is 8.80 Å². The third-order valence-electron chi connectivity index (χ3n) is 18.3. The molecular weight excluding hydrogens is 997 g/mol. The first-order valence-corrected chi connectivity index (χ1v) is 28.5. The summed E-state index contributed by atoms with van der Waals surface area (Å²) in [6, 6.07) is 87.7. The van der Waals surface area contributed by atoms with Crippen molar-refractivity contribution in [3.05, 3.63) is 242 Å². The van der Waals surface area contributed by atoms with Crippen molar-refractivity contribution in [1.82, 2.24) is 27.9 Å². The molecule has 0 saturated heterocycles. The average Bonchev–Trinajstić information content (AvgIpc) is 3.11. The van der Waals surface area contributed by atoms with Gasteiger partial charge in [-0.25, -0.2) is 9.97 Å². The molecular formula is C76H48N6. The SMILES string of the molecule is CC(C)(C)c1cc(-c2ccc3c(c2)c2ccccc2n3-c2ccccc2)c2c(c1)c1cccc3c4nc5c(nc4n2c13)c1c2ccccc2cc2c3cc4ccccc4c(-c4ccc6c(c4)c4ccccc4n6-c4ccccc4)c3n5c21. The lowest BCUT2D eigenvalue weighted by Crippen LogP contribution is -2.11. The van der Waals surface area contributed by atoms with Crippen LogP contribution in [0.2, 0.25) is 0 Å². The van der Waals surface area contributed by atoms with E-state index in [0.717, 1.165) is 72.1 Å². The van der Waals surface area contributed by atoms with E-state index in [-0.39, 0.29) is 5.41 Å². The normalized spacial score (nSPS) is 12.8. The van der Waals surface area contributed by atoms with Crippen LogP contribution in [0.15, 0.2) is 237 Å². The molecule has 0 saturated carbocycles. The van der Waals surface area contributed by atoms with E-state index in [0.29, 0.717) is 0 Å². The lowest BCUT2D eigenvalue weighted by molar-refractivity contribution is 0.591. The van der Waals surface area contributed by atoms with Crippen molar-refractivity contribution in [3.8, 4) is 33.6 Å². The molecule has 0 spiro atoms. The Morgan fingerprint density at radius 1 is 0.317 bits per heavy atom. The Morgan fingerprint density at radius 3 is 1.48 bits per heavy atom. The zero-order valence-corrected chi connectivity index (χ0v) is 45.2. The molecule has 0 unspecified atom stereocenters. The van der Waals surface area contributed by atoms with Gasteiger partial charge in [-0.1, -0.05) is 172 Å². The van der Waals surface area contributed by atoms with Crippen LogP contribution in [0.1, 0.15) is 26.3 Å². The monoisotopic (exact) mass is 1040 g/mol. The van der Waals surface area contributed by atoms with Gasteiger partial charge in [0.05, 0.1) is 44.1 Å². The van der Waals surface area contributed by atoms with E-state index >= 15 is 0 Å². The average molecular weight is 1050 g/mol. The van der Waals surface area contributed by atoms with Crippen molar-refractivity contribution in [3.63, 3.8) is 0 Å². The molecule has 6 nitrogen and oxygen atoms in total. The molecule has 7 aromatic heterocycles. The molecule has 0 N–H and O–H groups in total. The van der Waals surface area contributed by atoms with Crippen LogP contribution in [-0.4, -0.2) is 27.9 Å². The number of hydrogen-bond acceptors (Lipinski definition) is 2. The van der Waals surface area contributed by atoms with Crippen molar-refractivity contribution in [2.45, 2.75) is 26.2 Å². The molecule has 382 valence electrons. The molecule has 6 heteroatoms. The van der Waals surface area contributed by atoms with Gasteiger partial charge < -0.3 is 9.13 Å². The van der Waals surface area contributed by atoms with E-state index < -0.39 is 0 Å². The van der Waals surface area contributed by atoms with E-state index in [1.165, 1.54) is 109 Å². The molecule has 19 aromatic rings. The first-order valence-electron chi connectivity index (χ1n) is 28.5.